The Hall–Kier alpha value is -2.07. The summed E-state index contributed by atoms with van der Waals surface area (Å²) < 4.78 is 12.1. The molecule has 0 saturated carbocycles. The highest BCUT2D eigenvalue weighted by Crippen LogP contribution is 2.18. The first-order chi connectivity index (χ1) is 12.2. The number of aromatic nitrogens is 2. The molecule has 1 heterocycles. The van der Waals surface area contributed by atoms with Gasteiger partial charge in [0.25, 0.3) is 11.1 Å². The summed E-state index contributed by atoms with van der Waals surface area (Å²) in [6.07, 6.45) is 0. The lowest BCUT2D eigenvalue weighted by Gasteiger charge is -2.03. The normalized spacial score (nSPS) is 10.4. The van der Waals surface area contributed by atoms with Crippen molar-refractivity contribution in [2.75, 3.05) is 11.1 Å². The van der Waals surface area contributed by atoms with Crippen molar-refractivity contribution in [1.29, 1.82) is 0 Å². The molecule has 0 atom stereocenters. The first kappa shape index (κ1) is 17.7. The van der Waals surface area contributed by atoms with Crippen molar-refractivity contribution in [1.82, 2.24) is 10.2 Å². The van der Waals surface area contributed by atoms with Crippen LogP contribution in [0.4, 0.5) is 5.69 Å². The van der Waals surface area contributed by atoms with Crippen LogP contribution in [0, 0.1) is 3.57 Å². The largest absolute Gasteiger partial charge is 0.484 e. The number of halogens is 1. The second-order valence-corrected chi connectivity index (χ2v) is 7.08. The van der Waals surface area contributed by atoms with Gasteiger partial charge in [0.05, 0.1) is 5.75 Å². The summed E-state index contributed by atoms with van der Waals surface area (Å²) >= 11 is 3.40. The molecule has 1 N–H and O–H groups in total. The molecule has 6 nitrogen and oxygen atoms in total. The molecule has 0 radical (unpaired) electrons. The van der Waals surface area contributed by atoms with Crippen LogP contribution in [0.3, 0.4) is 0 Å². The molecule has 0 spiro atoms. The molecule has 128 valence electrons. The number of hydrogen-bond acceptors (Lipinski definition) is 6. The quantitative estimate of drug-likeness (QED) is 0.419. The van der Waals surface area contributed by atoms with Gasteiger partial charge in [-0.1, -0.05) is 30.0 Å². The highest BCUT2D eigenvalue weighted by Gasteiger charge is 2.10. The molecular weight excluding hydrogens is 453 g/mol. The van der Waals surface area contributed by atoms with E-state index < -0.39 is 0 Å². The Labute approximate surface area is 162 Å². The Morgan fingerprint density at radius 1 is 1.12 bits per heavy atom. The van der Waals surface area contributed by atoms with Gasteiger partial charge < -0.3 is 14.5 Å². The lowest BCUT2D eigenvalue weighted by atomic mass is 10.3. The van der Waals surface area contributed by atoms with Gasteiger partial charge in [0, 0.05) is 9.26 Å². The minimum absolute atomic E-state index is 0.133. The number of nitrogens with zero attached hydrogens (tertiary/aromatic N) is 2. The summed E-state index contributed by atoms with van der Waals surface area (Å²) in [5.74, 6) is 1.15. The van der Waals surface area contributed by atoms with Crippen molar-refractivity contribution in [3.05, 3.63) is 64.1 Å². The van der Waals surface area contributed by atoms with Gasteiger partial charge in [-0.05, 0) is 59.0 Å². The molecule has 0 saturated heterocycles. The second-order valence-electron chi connectivity index (χ2n) is 4.91. The van der Waals surface area contributed by atoms with Crippen molar-refractivity contribution in [2.24, 2.45) is 0 Å². The van der Waals surface area contributed by atoms with Crippen molar-refractivity contribution < 1.29 is 13.9 Å². The molecule has 0 bridgehead atoms. The molecule has 0 aliphatic carbocycles. The summed E-state index contributed by atoms with van der Waals surface area (Å²) in [6, 6.07) is 17.0. The lowest BCUT2D eigenvalue weighted by Crippen LogP contribution is -2.13. The van der Waals surface area contributed by atoms with E-state index >= 15 is 0 Å². The molecule has 0 unspecified atom stereocenters. The number of anilines is 1. The van der Waals surface area contributed by atoms with Crippen LogP contribution in [0.25, 0.3) is 0 Å². The summed E-state index contributed by atoms with van der Waals surface area (Å²) in [4.78, 5) is 11.9. The Morgan fingerprint density at radius 2 is 1.88 bits per heavy atom. The maximum atomic E-state index is 11.9. The second kappa shape index (κ2) is 8.86. The average Bonchev–Trinajstić information content (AvgIpc) is 3.09. The topological polar surface area (TPSA) is 77.2 Å². The first-order valence-corrected chi connectivity index (χ1v) is 9.44. The van der Waals surface area contributed by atoms with E-state index in [1.54, 1.807) is 0 Å². The highest BCUT2D eigenvalue weighted by molar-refractivity contribution is 14.1. The lowest BCUT2D eigenvalue weighted by molar-refractivity contribution is -0.113. The van der Waals surface area contributed by atoms with Gasteiger partial charge >= 0.3 is 0 Å². The van der Waals surface area contributed by atoms with Crippen LogP contribution >= 0.6 is 34.4 Å². The van der Waals surface area contributed by atoms with Gasteiger partial charge in [-0.3, -0.25) is 4.79 Å². The van der Waals surface area contributed by atoms with Crippen LogP contribution in [-0.2, 0) is 11.4 Å². The smallest absolute Gasteiger partial charge is 0.277 e. The standard InChI is InChI=1S/C17H14IN3O3S/c18-12-6-8-13(9-7-12)19-15(22)11-25-17-21-20-16(24-17)10-23-14-4-2-1-3-5-14/h1-9H,10-11H2,(H,19,22). The minimum atomic E-state index is -0.133. The van der Waals surface area contributed by atoms with E-state index in [1.807, 2.05) is 54.6 Å². The maximum absolute atomic E-state index is 11.9. The van der Waals surface area contributed by atoms with E-state index in [0.29, 0.717) is 11.1 Å². The predicted molar refractivity (Wildman–Crippen MR) is 104 cm³/mol. The molecule has 0 aliphatic rings. The molecule has 0 aliphatic heterocycles. The number of amides is 1. The Balaban J connectivity index is 1.45. The summed E-state index contributed by atoms with van der Waals surface area (Å²) in [7, 11) is 0. The van der Waals surface area contributed by atoms with E-state index in [-0.39, 0.29) is 18.3 Å². The Bertz CT molecular complexity index is 825. The zero-order chi connectivity index (χ0) is 17.5. The third-order valence-electron chi connectivity index (χ3n) is 3.01. The van der Waals surface area contributed by atoms with E-state index in [4.69, 9.17) is 9.15 Å². The molecule has 25 heavy (non-hydrogen) atoms. The average molecular weight is 467 g/mol. The number of carbonyl (C=O) groups excluding carboxylic acids is 1. The number of benzene rings is 2. The summed E-state index contributed by atoms with van der Waals surface area (Å²) in [5, 5.41) is 11.0. The van der Waals surface area contributed by atoms with Crippen molar-refractivity contribution >= 4 is 45.9 Å². The third kappa shape index (κ3) is 5.75. The Kier molecular flexibility index (Phi) is 6.29. The van der Waals surface area contributed by atoms with Gasteiger partial charge in [-0.2, -0.15) is 0 Å². The maximum Gasteiger partial charge on any atom is 0.277 e. The number of thioether (sulfide) groups is 1. The minimum Gasteiger partial charge on any atom is -0.484 e. The van der Waals surface area contributed by atoms with Crippen LogP contribution in [-0.4, -0.2) is 21.9 Å². The van der Waals surface area contributed by atoms with Crippen molar-refractivity contribution in [3.63, 3.8) is 0 Å². The molecule has 3 rings (SSSR count). The van der Waals surface area contributed by atoms with Crippen LogP contribution in [0.1, 0.15) is 5.89 Å². The van der Waals surface area contributed by atoms with Gasteiger partial charge in [-0.15, -0.1) is 10.2 Å². The number of hydrogen-bond donors (Lipinski definition) is 1. The molecule has 1 amide bonds. The molecule has 2 aromatic carbocycles. The van der Waals surface area contributed by atoms with Gasteiger partial charge in [0.2, 0.25) is 5.91 Å². The van der Waals surface area contributed by atoms with Crippen LogP contribution < -0.4 is 10.1 Å². The fourth-order valence-corrected chi connectivity index (χ4v) is 2.81. The number of para-hydroxylation sites is 1. The van der Waals surface area contributed by atoms with Crippen LogP contribution in [0.2, 0.25) is 0 Å². The molecular formula is C17H14IN3O3S. The van der Waals surface area contributed by atoms with E-state index in [0.717, 1.165) is 15.0 Å². The number of ether oxygens (including phenoxy) is 1. The van der Waals surface area contributed by atoms with Gasteiger partial charge in [-0.25, -0.2) is 0 Å². The van der Waals surface area contributed by atoms with Gasteiger partial charge in [0.15, 0.2) is 6.61 Å². The summed E-state index contributed by atoms with van der Waals surface area (Å²) in [6.45, 7) is 0.187. The van der Waals surface area contributed by atoms with Crippen molar-refractivity contribution in [2.45, 2.75) is 11.8 Å². The first-order valence-electron chi connectivity index (χ1n) is 7.37. The van der Waals surface area contributed by atoms with Gasteiger partial charge in [0.1, 0.15) is 5.75 Å². The molecule has 0 fully saturated rings. The molecule has 3 aromatic rings. The number of nitrogens with one attached hydrogen (secondary N) is 1. The predicted octanol–water partition coefficient (Wildman–Crippen LogP) is 3.98. The summed E-state index contributed by atoms with van der Waals surface area (Å²) in [5.41, 5.74) is 0.758. The van der Waals surface area contributed by atoms with E-state index in [1.165, 1.54) is 11.8 Å². The number of carbonyl (C=O) groups is 1. The highest BCUT2D eigenvalue weighted by atomic mass is 127. The molecule has 1 aromatic heterocycles. The van der Waals surface area contributed by atoms with Crippen LogP contribution in [0.5, 0.6) is 5.75 Å². The molecule has 8 heteroatoms. The number of rotatable bonds is 7. The third-order valence-corrected chi connectivity index (χ3v) is 4.55. The monoisotopic (exact) mass is 467 g/mol. The SMILES string of the molecule is O=C(CSc1nnc(COc2ccccc2)o1)Nc1ccc(I)cc1. The van der Waals surface area contributed by atoms with Crippen molar-refractivity contribution in [3.8, 4) is 5.75 Å². The van der Waals surface area contributed by atoms with E-state index in [2.05, 4.69) is 38.1 Å². The fraction of sp³-hybridized carbons (Fsp3) is 0.118. The zero-order valence-electron chi connectivity index (χ0n) is 13.0. The Morgan fingerprint density at radius 3 is 2.64 bits per heavy atom. The van der Waals surface area contributed by atoms with E-state index in [9.17, 15) is 4.79 Å². The fourth-order valence-electron chi connectivity index (χ4n) is 1.87. The zero-order valence-corrected chi connectivity index (χ0v) is 16.0. The van der Waals surface area contributed by atoms with Crippen LogP contribution in [0.15, 0.2) is 64.2 Å².